The molecule has 88 valence electrons. The average molecular weight is 210 g/mol. The van der Waals surface area contributed by atoms with Gasteiger partial charge in [-0.1, -0.05) is 33.8 Å². The quantitative estimate of drug-likeness (QED) is 0.700. The highest BCUT2D eigenvalue weighted by Gasteiger charge is 2.39. The number of hydrogen-bond acceptors (Lipinski definition) is 1. The minimum Gasteiger partial charge on any atom is -0.392 e. The summed E-state index contributed by atoms with van der Waals surface area (Å²) in [5.74, 6) is 1.65. The van der Waals surface area contributed by atoms with Crippen LogP contribution in [0.15, 0.2) is 11.6 Å². The van der Waals surface area contributed by atoms with Crippen LogP contribution < -0.4 is 0 Å². The lowest BCUT2D eigenvalue weighted by Gasteiger charge is -2.30. The lowest BCUT2D eigenvalue weighted by atomic mass is 9.75. The van der Waals surface area contributed by atoms with Gasteiger partial charge in [-0.15, -0.1) is 0 Å². The van der Waals surface area contributed by atoms with Crippen molar-refractivity contribution >= 4 is 0 Å². The molecule has 15 heavy (non-hydrogen) atoms. The Labute approximate surface area is 94.6 Å². The van der Waals surface area contributed by atoms with Gasteiger partial charge < -0.3 is 5.11 Å². The molecule has 0 radical (unpaired) electrons. The van der Waals surface area contributed by atoms with Crippen LogP contribution in [0.5, 0.6) is 0 Å². The van der Waals surface area contributed by atoms with Crippen LogP contribution >= 0.6 is 0 Å². The molecular weight excluding hydrogens is 184 g/mol. The van der Waals surface area contributed by atoms with E-state index in [9.17, 15) is 0 Å². The molecule has 2 unspecified atom stereocenters. The van der Waals surface area contributed by atoms with Gasteiger partial charge in [0.15, 0.2) is 0 Å². The molecule has 0 aromatic heterocycles. The van der Waals surface area contributed by atoms with E-state index in [-0.39, 0.29) is 6.61 Å². The van der Waals surface area contributed by atoms with Crippen molar-refractivity contribution in [1.29, 1.82) is 0 Å². The van der Waals surface area contributed by atoms with E-state index in [4.69, 9.17) is 5.11 Å². The van der Waals surface area contributed by atoms with E-state index < -0.39 is 0 Å². The highest BCUT2D eigenvalue weighted by molar-refractivity contribution is 5.04. The first-order valence-corrected chi connectivity index (χ1v) is 6.31. The van der Waals surface area contributed by atoms with Crippen LogP contribution in [0.2, 0.25) is 0 Å². The summed E-state index contributed by atoms with van der Waals surface area (Å²) in [6.45, 7) is 9.52. The summed E-state index contributed by atoms with van der Waals surface area (Å²) in [7, 11) is 0. The lowest BCUT2D eigenvalue weighted by molar-refractivity contribution is 0.199. The third-order valence-electron chi connectivity index (χ3n) is 4.62. The highest BCUT2D eigenvalue weighted by Crippen LogP contribution is 2.48. The molecule has 0 aromatic rings. The molecule has 0 bridgehead atoms. The summed E-state index contributed by atoms with van der Waals surface area (Å²) >= 11 is 0. The van der Waals surface area contributed by atoms with Gasteiger partial charge in [-0.05, 0) is 48.5 Å². The maximum atomic E-state index is 9.11. The van der Waals surface area contributed by atoms with Crippen LogP contribution in [-0.2, 0) is 0 Å². The monoisotopic (exact) mass is 210 g/mol. The van der Waals surface area contributed by atoms with Crippen molar-refractivity contribution in [2.75, 3.05) is 6.61 Å². The molecule has 1 aliphatic rings. The molecule has 2 atom stereocenters. The Morgan fingerprint density at radius 1 is 1.40 bits per heavy atom. The van der Waals surface area contributed by atoms with Crippen molar-refractivity contribution in [1.82, 2.24) is 0 Å². The van der Waals surface area contributed by atoms with Crippen LogP contribution in [0, 0.1) is 17.3 Å². The zero-order chi connectivity index (χ0) is 11.5. The van der Waals surface area contributed by atoms with E-state index >= 15 is 0 Å². The van der Waals surface area contributed by atoms with Gasteiger partial charge in [0.05, 0.1) is 6.61 Å². The molecule has 0 saturated heterocycles. The van der Waals surface area contributed by atoms with E-state index in [0.717, 1.165) is 24.7 Å². The third kappa shape index (κ3) is 2.84. The van der Waals surface area contributed by atoms with Crippen molar-refractivity contribution in [2.45, 2.75) is 53.4 Å². The largest absolute Gasteiger partial charge is 0.392 e. The number of aliphatic hydroxyl groups is 1. The Balaban J connectivity index is 2.56. The normalized spacial score (nSPS) is 30.9. The fraction of sp³-hybridized carbons (Fsp3) is 0.857. The third-order valence-corrected chi connectivity index (χ3v) is 4.62. The first-order chi connectivity index (χ1) is 7.02. The zero-order valence-electron chi connectivity index (χ0n) is 10.7. The summed E-state index contributed by atoms with van der Waals surface area (Å²) in [4.78, 5) is 0. The number of allylic oxidation sites excluding steroid dienone is 1. The summed E-state index contributed by atoms with van der Waals surface area (Å²) < 4.78 is 0. The highest BCUT2D eigenvalue weighted by atomic mass is 16.3. The smallest absolute Gasteiger partial charge is 0.0641 e. The van der Waals surface area contributed by atoms with Gasteiger partial charge in [0.1, 0.15) is 0 Å². The standard InChI is InChI=1S/C14H26O/c1-5-12(10-15)7-9-13-8-6-11(2)14(13,3)4/h7,11,13,15H,5-6,8-10H2,1-4H3/b12-7+. The molecular formula is C14H26O. The Morgan fingerprint density at radius 2 is 2.07 bits per heavy atom. The molecule has 0 amide bonds. The minimum atomic E-state index is 0.235. The van der Waals surface area contributed by atoms with E-state index in [1.807, 2.05) is 0 Å². The molecule has 1 rings (SSSR count). The van der Waals surface area contributed by atoms with E-state index in [1.54, 1.807) is 0 Å². The fourth-order valence-corrected chi connectivity index (χ4v) is 2.65. The molecule has 0 heterocycles. The van der Waals surface area contributed by atoms with Gasteiger partial charge in [-0.2, -0.15) is 0 Å². The van der Waals surface area contributed by atoms with Gasteiger partial charge in [-0.25, -0.2) is 0 Å². The topological polar surface area (TPSA) is 20.2 Å². The lowest BCUT2D eigenvalue weighted by Crippen LogP contribution is -2.22. The van der Waals surface area contributed by atoms with Gasteiger partial charge in [0.25, 0.3) is 0 Å². The summed E-state index contributed by atoms with van der Waals surface area (Å²) in [5.41, 5.74) is 1.68. The average Bonchev–Trinajstić information content (AvgIpc) is 2.45. The second kappa shape index (κ2) is 5.16. The predicted molar refractivity (Wildman–Crippen MR) is 65.7 cm³/mol. The summed E-state index contributed by atoms with van der Waals surface area (Å²) in [5, 5.41) is 9.11. The Kier molecular flexibility index (Phi) is 4.39. The summed E-state index contributed by atoms with van der Waals surface area (Å²) in [6.07, 6.45) is 7.13. The molecule has 1 nitrogen and oxygen atoms in total. The molecule has 1 heteroatoms. The molecule has 1 aliphatic carbocycles. The maximum Gasteiger partial charge on any atom is 0.0641 e. The Hall–Kier alpha value is -0.300. The molecule has 1 fully saturated rings. The second-order valence-corrected chi connectivity index (χ2v) is 5.61. The van der Waals surface area contributed by atoms with Crippen LogP contribution in [0.3, 0.4) is 0 Å². The van der Waals surface area contributed by atoms with Gasteiger partial charge >= 0.3 is 0 Å². The van der Waals surface area contributed by atoms with Crippen molar-refractivity contribution in [2.24, 2.45) is 17.3 Å². The van der Waals surface area contributed by atoms with E-state index in [0.29, 0.717) is 5.41 Å². The van der Waals surface area contributed by atoms with Gasteiger partial charge in [-0.3, -0.25) is 0 Å². The Morgan fingerprint density at radius 3 is 2.47 bits per heavy atom. The zero-order valence-corrected chi connectivity index (χ0v) is 10.7. The second-order valence-electron chi connectivity index (χ2n) is 5.61. The van der Waals surface area contributed by atoms with E-state index in [2.05, 4.69) is 33.8 Å². The van der Waals surface area contributed by atoms with Crippen molar-refractivity contribution in [3.05, 3.63) is 11.6 Å². The van der Waals surface area contributed by atoms with Gasteiger partial charge in [0.2, 0.25) is 0 Å². The number of rotatable bonds is 4. The molecule has 0 aliphatic heterocycles. The van der Waals surface area contributed by atoms with Gasteiger partial charge in [0, 0.05) is 0 Å². The predicted octanol–water partition coefficient (Wildman–Crippen LogP) is 3.78. The summed E-state index contributed by atoms with van der Waals surface area (Å²) in [6, 6.07) is 0. The number of hydrogen-bond donors (Lipinski definition) is 1. The molecule has 0 spiro atoms. The first kappa shape index (κ1) is 12.8. The number of aliphatic hydroxyl groups excluding tert-OH is 1. The molecule has 0 aromatic carbocycles. The molecule has 1 saturated carbocycles. The SMILES string of the molecule is CC/C(=C\CC1CCC(C)C1(C)C)CO. The van der Waals surface area contributed by atoms with Crippen LogP contribution in [0.4, 0.5) is 0 Å². The van der Waals surface area contributed by atoms with Crippen LogP contribution in [-0.4, -0.2) is 11.7 Å². The van der Waals surface area contributed by atoms with Crippen molar-refractivity contribution < 1.29 is 5.11 Å². The van der Waals surface area contributed by atoms with Crippen molar-refractivity contribution in [3.8, 4) is 0 Å². The molecule has 1 N–H and O–H groups in total. The Bertz CT molecular complexity index is 221. The minimum absolute atomic E-state index is 0.235. The van der Waals surface area contributed by atoms with Crippen LogP contribution in [0.1, 0.15) is 53.4 Å². The maximum absolute atomic E-state index is 9.11. The fourth-order valence-electron chi connectivity index (χ4n) is 2.65. The van der Waals surface area contributed by atoms with Crippen molar-refractivity contribution in [3.63, 3.8) is 0 Å². The first-order valence-electron chi connectivity index (χ1n) is 6.31. The van der Waals surface area contributed by atoms with E-state index in [1.165, 1.54) is 18.4 Å². The van der Waals surface area contributed by atoms with Crippen LogP contribution in [0.25, 0.3) is 0 Å².